The highest BCUT2D eigenvalue weighted by molar-refractivity contribution is 4.97. The van der Waals surface area contributed by atoms with E-state index in [2.05, 4.69) is 5.32 Å². The summed E-state index contributed by atoms with van der Waals surface area (Å²) in [6.07, 6.45) is -40.8. The zero-order valence-corrected chi connectivity index (χ0v) is 37.2. The molecule has 0 amide bonds. The molecule has 0 aromatic carbocycles. The highest BCUT2D eigenvalue weighted by Gasteiger charge is 2.52. The molecule has 0 spiro atoms. The highest BCUT2D eigenvalue weighted by Crippen LogP contribution is 2.32. The Bertz CT molecular complexity index is 1450. The van der Waals surface area contributed by atoms with Gasteiger partial charge in [0.2, 0.25) is 0 Å². The van der Waals surface area contributed by atoms with Crippen molar-refractivity contribution in [3.05, 3.63) is 0 Å². The van der Waals surface area contributed by atoms with Crippen LogP contribution in [0.3, 0.4) is 0 Å². The molecule has 5 heterocycles. The van der Waals surface area contributed by atoms with Gasteiger partial charge in [0, 0.05) is 19.6 Å². The first-order chi connectivity index (χ1) is 32.3. The van der Waals surface area contributed by atoms with Crippen LogP contribution in [0.1, 0.15) is 13.3 Å². The minimum absolute atomic E-state index is 0.0398. The molecule has 5 saturated heterocycles. The maximum atomic E-state index is 11.4. The van der Waals surface area contributed by atoms with Gasteiger partial charge in [-0.05, 0) is 26.4 Å². The molecule has 0 aliphatic carbocycles. The van der Waals surface area contributed by atoms with Crippen molar-refractivity contribution in [2.24, 2.45) is 0 Å². The molecule has 5 aliphatic rings. The predicted molar refractivity (Wildman–Crippen MR) is 217 cm³/mol. The van der Waals surface area contributed by atoms with Crippen LogP contribution in [0.5, 0.6) is 0 Å². The zero-order chi connectivity index (χ0) is 50.1. The summed E-state index contributed by atoms with van der Waals surface area (Å²) in [5.74, 6) is 0. The van der Waals surface area contributed by atoms with Crippen LogP contribution in [0.4, 0.5) is 0 Å². The zero-order valence-electron chi connectivity index (χ0n) is 37.2. The van der Waals surface area contributed by atoms with Crippen molar-refractivity contribution in [2.45, 2.75) is 173 Å². The summed E-state index contributed by atoms with van der Waals surface area (Å²) in [4.78, 5) is 1.83. The van der Waals surface area contributed by atoms with E-state index in [1.54, 1.807) is 0 Å². The molecule has 29 nitrogen and oxygen atoms in total. The molecule has 0 radical (unpaired) electrons. The van der Waals surface area contributed by atoms with Crippen LogP contribution in [-0.4, -0.2) is 329 Å². The van der Waals surface area contributed by atoms with Crippen molar-refractivity contribution in [1.82, 2.24) is 10.2 Å². The van der Waals surface area contributed by atoms with Gasteiger partial charge in [-0.1, -0.05) is 0 Å². The second-order valence-electron chi connectivity index (χ2n) is 17.6. The Kier molecular flexibility index (Phi) is 22.7. The Labute approximate surface area is 389 Å². The van der Waals surface area contributed by atoms with E-state index >= 15 is 0 Å². The minimum Gasteiger partial charge on any atom is -0.394 e. The average Bonchev–Trinajstić information content (AvgIpc) is 3.33. The van der Waals surface area contributed by atoms with Gasteiger partial charge in [-0.3, -0.25) is 4.90 Å². The molecule has 68 heavy (non-hydrogen) atoms. The van der Waals surface area contributed by atoms with Gasteiger partial charge in [-0.15, -0.1) is 0 Å². The molecule has 0 aromatic heterocycles. The smallest absolute Gasteiger partial charge is 0.187 e. The summed E-state index contributed by atoms with van der Waals surface area (Å²) in [5.41, 5.74) is 0. The summed E-state index contributed by atoms with van der Waals surface area (Å²) in [6.45, 7) is -2.30. The number of aliphatic hydroxyl groups is 18. The number of nitrogens with one attached hydrogen (secondary N) is 1. The van der Waals surface area contributed by atoms with Gasteiger partial charge >= 0.3 is 0 Å². The molecule has 19 N–H and O–H groups in total. The summed E-state index contributed by atoms with van der Waals surface area (Å²) < 4.78 is 50.7. The molecule has 5 fully saturated rings. The van der Waals surface area contributed by atoms with Gasteiger partial charge in [0.05, 0.1) is 58.0 Å². The van der Waals surface area contributed by atoms with Crippen LogP contribution in [0.25, 0.3) is 0 Å². The second kappa shape index (κ2) is 26.7. The van der Waals surface area contributed by atoms with Gasteiger partial charge in [0.25, 0.3) is 0 Å². The van der Waals surface area contributed by atoms with Crippen LogP contribution in [0.2, 0.25) is 0 Å². The van der Waals surface area contributed by atoms with Crippen molar-refractivity contribution < 1.29 is 135 Å². The van der Waals surface area contributed by atoms with E-state index in [1.807, 2.05) is 4.90 Å². The maximum Gasteiger partial charge on any atom is 0.187 e. The van der Waals surface area contributed by atoms with E-state index < -0.39 is 199 Å². The van der Waals surface area contributed by atoms with E-state index in [4.69, 9.17) is 42.6 Å². The summed E-state index contributed by atoms with van der Waals surface area (Å²) in [5, 5.41) is 189. The van der Waals surface area contributed by atoms with Crippen LogP contribution in [0, 0.1) is 0 Å². The first kappa shape index (κ1) is 57.7. The monoisotopic (exact) mass is 1000 g/mol. The largest absolute Gasteiger partial charge is 0.394 e. The molecule has 26 unspecified atom stereocenters. The molecule has 0 bridgehead atoms. The van der Waals surface area contributed by atoms with E-state index in [0.29, 0.717) is 13.0 Å². The van der Waals surface area contributed by atoms with Crippen LogP contribution in [-0.2, 0) is 42.6 Å². The van der Waals surface area contributed by atoms with E-state index in [9.17, 15) is 91.9 Å². The van der Waals surface area contributed by atoms with Gasteiger partial charge in [-0.25, -0.2) is 0 Å². The van der Waals surface area contributed by atoms with Crippen molar-refractivity contribution >= 4 is 0 Å². The molecular weight excluding hydrogens is 928 g/mol. The third-order valence-electron chi connectivity index (χ3n) is 12.7. The summed E-state index contributed by atoms with van der Waals surface area (Å²) >= 11 is 0. The van der Waals surface area contributed by atoms with Gasteiger partial charge in [0.15, 0.2) is 25.2 Å². The van der Waals surface area contributed by atoms with Crippen LogP contribution in [0.15, 0.2) is 0 Å². The average molecular weight is 1000 g/mol. The van der Waals surface area contributed by atoms with E-state index in [-0.39, 0.29) is 26.2 Å². The first-order valence-corrected chi connectivity index (χ1v) is 22.5. The fraction of sp³-hybridized carbons (Fsp3) is 1.00. The van der Waals surface area contributed by atoms with Gasteiger partial charge in [-0.2, -0.15) is 0 Å². The number of aliphatic hydroxyl groups excluding tert-OH is 18. The highest BCUT2D eigenvalue weighted by atomic mass is 16.7. The predicted octanol–water partition coefficient (Wildman–Crippen LogP) is -12.2. The third-order valence-corrected chi connectivity index (χ3v) is 12.7. The Morgan fingerprint density at radius 1 is 0.559 bits per heavy atom. The lowest BCUT2D eigenvalue weighted by Gasteiger charge is -2.47. The second-order valence-corrected chi connectivity index (χ2v) is 17.6. The summed E-state index contributed by atoms with van der Waals surface area (Å²) in [7, 11) is 0. The molecule has 0 saturated carbocycles. The lowest BCUT2D eigenvalue weighted by Crippen LogP contribution is -2.65. The molecule has 5 rings (SSSR count). The Balaban J connectivity index is 1.12. The summed E-state index contributed by atoms with van der Waals surface area (Å²) in [6, 6.07) is 0. The SMILES string of the molecule is CC1OC(COC2OC(CO)C(O)C(OC3CN(CCCNCC(O)C(O)C(OC4OC(CO)C(O)C(O)C4O)C(O)CO)CC(CO)O3)C2O)C(O)C(OC2OC(CO)C(O)C(O)C2O)C1O. The van der Waals surface area contributed by atoms with Crippen molar-refractivity contribution in [1.29, 1.82) is 0 Å². The van der Waals surface area contributed by atoms with E-state index in [1.165, 1.54) is 6.92 Å². The number of ether oxygens (including phenoxy) is 9. The van der Waals surface area contributed by atoms with Crippen molar-refractivity contribution in [3.8, 4) is 0 Å². The maximum absolute atomic E-state index is 11.4. The standard InChI is InChI=1S/C39H72N2O27/c1-14-23(49)35(68-39-32(58)30(56)26(52)19(11-45)65-39)28(54)21(61-14)13-60-37-33(59)36(27(53)20(12-46)63-37)66-22-7-41(6-15(8-42)62-22)4-2-3-40-5-16(47)24(50)34(17(48)9-43)67-38-31(57)29(55)25(51)18(10-44)64-38/h14-40,42-59H,2-13H2,1H3. The molecule has 29 heteroatoms. The fourth-order valence-corrected chi connectivity index (χ4v) is 8.55. The molecule has 26 atom stereocenters. The normalized spacial score (nSPS) is 44.9. The molecular formula is C39H72N2O27. The topological polar surface area (TPSA) is 462 Å². The van der Waals surface area contributed by atoms with Crippen molar-refractivity contribution in [2.75, 3.05) is 72.4 Å². The van der Waals surface area contributed by atoms with Gasteiger partial charge < -0.3 is 140 Å². The van der Waals surface area contributed by atoms with Crippen LogP contribution < -0.4 is 5.32 Å². The molecule has 0 aromatic rings. The first-order valence-electron chi connectivity index (χ1n) is 22.5. The molecule has 5 aliphatic heterocycles. The lowest BCUT2D eigenvalue weighted by molar-refractivity contribution is -0.352. The third kappa shape index (κ3) is 13.9. The Morgan fingerprint density at radius 2 is 1.12 bits per heavy atom. The van der Waals surface area contributed by atoms with Crippen LogP contribution >= 0.6 is 0 Å². The Morgan fingerprint density at radius 3 is 1.72 bits per heavy atom. The quantitative estimate of drug-likeness (QED) is 0.0423. The molecule has 400 valence electrons. The lowest BCUT2D eigenvalue weighted by atomic mass is 9.94. The number of hydrogen-bond donors (Lipinski definition) is 19. The van der Waals surface area contributed by atoms with Crippen molar-refractivity contribution in [3.63, 3.8) is 0 Å². The number of nitrogens with zero attached hydrogens (tertiary/aromatic N) is 1. The fourth-order valence-electron chi connectivity index (χ4n) is 8.55. The Hall–Kier alpha value is -1.16. The number of morpholine rings is 1. The van der Waals surface area contributed by atoms with E-state index in [0.717, 1.165) is 0 Å². The van der Waals surface area contributed by atoms with Gasteiger partial charge in [0.1, 0.15) is 116 Å². The minimum atomic E-state index is -1.89. The number of rotatable bonds is 23. The number of hydrogen-bond acceptors (Lipinski definition) is 29.